The lowest BCUT2D eigenvalue weighted by Crippen LogP contribution is -2.26. The molecule has 0 heterocycles. The van der Waals surface area contributed by atoms with Crippen LogP contribution in [0.15, 0.2) is 12.1 Å². The lowest BCUT2D eigenvalue weighted by Gasteiger charge is -2.18. The Hall–Kier alpha value is -1.64. The van der Waals surface area contributed by atoms with Crippen LogP contribution in [0.2, 0.25) is 0 Å². The van der Waals surface area contributed by atoms with E-state index in [1.165, 1.54) is 6.92 Å². The van der Waals surface area contributed by atoms with Gasteiger partial charge < -0.3 is 4.74 Å². The molecule has 0 amide bonds. The summed E-state index contributed by atoms with van der Waals surface area (Å²) in [6.45, 7) is 10.6. The number of Topliss-reactive ketones (excluding diaryl/α,β-unsaturated/α-hetero) is 1. The number of esters is 1. The van der Waals surface area contributed by atoms with Crippen LogP contribution < -0.4 is 4.74 Å². The van der Waals surface area contributed by atoms with Crippen LogP contribution in [0.3, 0.4) is 0 Å². The third-order valence-electron chi connectivity index (χ3n) is 2.61. The van der Waals surface area contributed by atoms with E-state index in [-0.39, 0.29) is 11.8 Å². The second kappa shape index (κ2) is 4.92. The molecule has 98 valence electrons. The van der Waals surface area contributed by atoms with Gasteiger partial charge >= 0.3 is 5.97 Å². The highest BCUT2D eigenvalue weighted by Gasteiger charge is 2.25. The Labute approximate surface area is 108 Å². The van der Waals surface area contributed by atoms with E-state index in [2.05, 4.69) is 0 Å². The van der Waals surface area contributed by atoms with Crippen molar-refractivity contribution < 1.29 is 14.3 Å². The summed E-state index contributed by atoms with van der Waals surface area (Å²) in [5.74, 6) is -0.0702. The molecule has 0 saturated carbocycles. The van der Waals surface area contributed by atoms with Gasteiger partial charge in [-0.25, -0.2) is 0 Å². The zero-order chi connectivity index (χ0) is 14.1. The van der Waals surface area contributed by atoms with E-state index < -0.39 is 5.41 Å². The van der Waals surface area contributed by atoms with Gasteiger partial charge in [0.1, 0.15) is 5.75 Å². The fourth-order valence-electron chi connectivity index (χ4n) is 1.71. The monoisotopic (exact) mass is 248 g/mol. The molecule has 0 radical (unpaired) electrons. The van der Waals surface area contributed by atoms with Gasteiger partial charge in [0.15, 0.2) is 5.78 Å². The molecule has 3 nitrogen and oxygen atoms in total. The molecule has 0 bridgehead atoms. The number of carbonyl (C=O) groups is 2. The Morgan fingerprint density at radius 1 is 1.11 bits per heavy atom. The maximum absolute atomic E-state index is 11.9. The molecule has 3 heteroatoms. The van der Waals surface area contributed by atoms with Crippen molar-refractivity contribution in [2.24, 2.45) is 5.41 Å². The van der Waals surface area contributed by atoms with Crippen molar-refractivity contribution in [1.29, 1.82) is 0 Å². The number of ether oxygens (including phenoxy) is 1. The first-order valence-corrected chi connectivity index (χ1v) is 5.97. The largest absolute Gasteiger partial charge is 0.425 e. The summed E-state index contributed by atoms with van der Waals surface area (Å²) in [5, 5.41) is 0. The van der Waals surface area contributed by atoms with Crippen molar-refractivity contribution in [3.63, 3.8) is 0 Å². The van der Waals surface area contributed by atoms with Crippen molar-refractivity contribution in [3.8, 4) is 5.75 Å². The van der Waals surface area contributed by atoms with Gasteiger partial charge in [-0.2, -0.15) is 0 Å². The fourth-order valence-corrected chi connectivity index (χ4v) is 1.71. The van der Waals surface area contributed by atoms with Crippen molar-refractivity contribution in [3.05, 3.63) is 28.8 Å². The van der Waals surface area contributed by atoms with Crippen LogP contribution in [-0.4, -0.2) is 11.8 Å². The van der Waals surface area contributed by atoms with E-state index in [0.29, 0.717) is 11.3 Å². The molecule has 0 atom stereocenters. The summed E-state index contributed by atoms with van der Waals surface area (Å²) in [4.78, 5) is 23.5. The van der Waals surface area contributed by atoms with Gasteiger partial charge in [0.25, 0.3) is 0 Å². The van der Waals surface area contributed by atoms with Crippen LogP contribution in [0.5, 0.6) is 5.75 Å². The molecule has 1 rings (SSSR count). The number of carbonyl (C=O) groups excluding carboxylic acids is 2. The number of rotatable bonds is 2. The zero-order valence-electron chi connectivity index (χ0n) is 11.9. The third kappa shape index (κ3) is 3.19. The molecular formula is C15H20O3. The van der Waals surface area contributed by atoms with Gasteiger partial charge in [-0.1, -0.05) is 6.07 Å². The molecule has 0 spiro atoms. The number of hydrogen-bond donors (Lipinski definition) is 0. The number of hydrogen-bond acceptors (Lipinski definition) is 3. The smallest absolute Gasteiger partial charge is 0.316 e. The topological polar surface area (TPSA) is 43.4 Å². The van der Waals surface area contributed by atoms with Crippen LogP contribution in [0.25, 0.3) is 0 Å². The van der Waals surface area contributed by atoms with Gasteiger partial charge in [0, 0.05) is 0 Å². The first kappa shape index (κ1) is 14.4. The quantitative estimate of drug-likeness (QED) is 0.457. The number of benzene rings is 1. The molecule has 0 aromatic heterocycles. The summed E-state index contributed by atoms with van der Waals surface area (Å²) >= 11 is 0. The maximum atomic E-state index is 11.9. The minimum atomic E-state index is -0.592. The highest BCUT2D eigenvalue weighted by atomic mass is 16.5. The standard InChI is InChI=1S/C15H20O3/c1-9-7-10(2)13(11(3)16)12(8-9)18-14(17)15(4,5)6/h7-8H,1-6H3. The van der Waals surface area contributed by atoms with Crippen molar-refractivity contribution >= 4 is 11.8 Å². The van der Waals surface area contributed by atoms with Gasteiger partial charge in [0.05, 0.1) is 11.0 Å². The summed E-state index contributed by atoms with van der Waals surface area (Å²) in [6.07, 6.45) is 0. The fraction of sp³-hybridized carbons (Fsp3) is 0.467. The Bertz CT molecular complexity index is 493. The molecule has 0 N–H and O–H groups in total. The average molecular weight is 248 g/mol. The second-order valence-electron chi connectivity index (χ2n) is 5.65. The van der Waals surface area contributed by atoms with Crippen molar-refractivity contribution in [1.82, 2.24) is 0 Å². The normalized spacial score (nSPS) is 11.2. The minimum Gasteiger partial charge on any atom is -0.425 e. The van der Waals surface area contributed by atoms with Crippen molar-refractivity contribution in [2.75, 3.05) is 0 Å². The molecule has 0 aliphatic heterocycles. The molecule has 1 aromatic carbocycles. The molecule has 0 unspecified atom stereocenters. The molecule has 0 fully saturated rings. The lowest BCUT2D eigenvalue weighted by molar-refractivity contribution is -0.143. The third-order valence-corrected chi connectivity index (χ3v) is 2.61. The van der Waals surface area contributed by atoms with Crippen LogP contribution in [-0.2, 0) is 4.79 Å². The van der Waals surface area contributed by atoms with Crippen LogP contribution >= 0.6 is 0 Å². The van der Waals surface area contributed by atoms with E-state index in [1.54, 1.807) is 26.8 Å². The van der Waals surface area contributed by atoms with Crippen LogP contribution in [0.4, 0.5) is 0 Å². The average Bonchev–Trinajstić information content (AvgIpc) is 2.13. The predicted molar refractivity (Wildman–Crippen MR) is 71.0 cm³/mol. The summed E-state index contributed by atoms with van der Waals surface area (Å²) in [5.41, 5.74) is 1.69. The highest BCUT2D eigenvalue weighted by Crippen LogP contribution is 2.27. The summed E-state index contributed by atoms with van der Waals surface area (Å²) < 4.78 is 5.37. The Morgan fingerprint density at radius 2 is 1.67 bits per heavy atom. The summed E-state index contributed by atoms with van der Waals surface area (Å²) in [7, 11) is 0. The predicted octanol–water partition coefficient (Wildman–Crippen LogP) is 3.46. The van der Waals surface area contributed by atoms with E-state index in [0.717, 1.165) is 11.1 Å². The van der Waals surface area contributed by atoms with Crippen molar-refractivity contribution in [2.45, 2.75) is 41.5 Å². The Balaban J connectivity index is 3.24. The van der Waals surface area contributed by atoms with Crippen LogP contribution in [0.1, 0.15) is 49.2 Å². The Morgan fingerprint density at radius 3 is 2.11 bits per heavy atom. The summed E-state index contributed by atoms with van der Waals surface area (Å²) in [6, 6.07) is 3.64. The second-order valence-corrected chi connectivity index (χ2v) is 5.65. The van der Waals surface area contributed by atoms with Gasteiger partial charge in [-0.3, -0.25) is 9.59 Å². The van der Waals surface area contributed by atoms with Gasteiger partial charge in [0.2, 0.25) is 0 Å². The first-order valence-electron chi connectivity index (χ1n) is 5.97. The maximum Gasteiger partial charge on any atom is 0.316 e. The number of aryl methyl sites for hydroxylation is 2. The minimum absolute atomic E-state index is 0.0933. The van der Waals surface area contributed by atoms with Crippen LogP contribution in [0, 0.1) is 19.3 Å². The van der Waals surface area contributed by atoms with E-state index in [1.807, 2.05) is 19.9 Å². The van der Waals surface area contributed by atoms with E-state index >= 15 is 0 Å². The molecule has 0 aliphatic carbocycles. The SMILES string of the molecule is CC(=O)c1c(C)cc(C)cc1OC(=O)C(C)(C)C. The first-order chi connectivity index (χ1) is 8.12. The van der Waals surface area contributed by atoms with Gasteiger partial charge in [-0.05, 0) is 58.7 Å². The zero-order valence-corrected chi connectivity index (χ0v) is 11.9. The Kier molecular flexibility index (Phi) is 3.95. The van der Waals surface area contributed by atoms with Gasteiger partial charge in [-0.15, -0.1) is 0 Å². The molecule has 18 heavy (non-hydrogen) atoms. The highest BCUT2D eigenvalue weighted by molar-refractivity contribution is 5.99. The molecule has 1 aromatic rings. The van der Waals surface area contributed by atoms with E-state index in [9.17, 15) is 9.59 Å². The van der Waals surface area contributed by atoms with E-state index in [4.69, 9.17) is 4.74 Å². The lowest BCUT2D eigenvalue weighted by atomic mass is 9.97. The molecule has 0 aliphatic rings. The molecule has 0 saturated heterocycles. The molecular weight excluding hydrogens is 228 g/mol. The number of ketones is 1.